The first kappa shape index (κ1) is 21.9. The zero-order valence-corrected chi connectivity index (χ0v) is 20.8. The molecule has 0 radical (unpaired) electrons. The molecule has 1 atom stereocenters. The van der Waals surface area contributed by atoms with Crippen molar-refractivity contribution in [2.75, 3.05) is 24.6 Å². The minimum atomic E-state index is -0.193. The second-order valence-corrected chi connectivity index (χ2v) is 11.2. The fraction of sp³-hybridized carbons (Fsp3) is 0.321. The lowest BCUT2D eigenvalue weighted by molar-refractivity contribution is 0.174. The Kier molecular flexibility index (Phi) is 5.06. The molecule has 3 aliphatic rings. The normalized spacial score (nSPS) is 22.1. The van der Waals surface area contributed by atoms with Crippen molar-refractivity contribution in [3.05, 3.63) is 83.3 Å². The number of rotatable bonds is 3. The van der Waals surface area contributed by atoms with E-state index in [-0.39, 0.29) is 17.3 Å². The van der Waals surface area contributed by atoms with Crippen molar-refractivity contribution < 1.29 is 8.91 Å². The van der Waals surface area contributed by atoms with Crippen molar-refractivity contribution in [2.24, 2.45) is 10.4 Å². The molecule has 0 aliphatic carbocycles. The Balaban J connectivity index is 1.31. The molecule has 2 aromatic carbocycles. The number of aliphatic imine (C=N–C) groups is 1. The molecule has 8 heteroatoms. The van der Waals surface area contributed by atoms with Crippen LogP contribution in [0, 0.1) is 18.2 Å². The van der Waals surface area contributed by atoms with Gasteiger partial charge in [-0.25, -0.2) is 9.37 Å². The number of aromatic nitrogens is 3. The average Bonchev–Trinajstić information content (AvgIpc) is 3.53. The van der Waals surface area contributed by atoms with Gasteiger partial charge >= 0.3 is 0 Å². The summed E-state index contributed by atoms with van der Waals surface area (Å²) in [4.78, 5) is 11.9. The van der Waals surface area contributed by atoms with Crippen molar-refractivity contribution in [1.82, 2.24) is 19.6 Å². The van der Waals surface area contributed by atoms with Gasteiger partial charge in [-0.1, -0.05) is 23.4 Å². The van der Waals surface area contributed by atoms with E-state index in [2.05, 4.69) is 33.2 Å². The second-order valence-electron chi connectivity index (χ2n) is 10.2. The van der Waals surface area contributed by atoms with Crippen LogP contribution < -0.4 is 0 Å². The summed E-state index contributed by atoms with van der Waals surface area (Å²) in [5.74, 6) is 3.20. The summed E-state index contributed by atoms with van der Waals surface area (Å²) >= 11 is 2.02. The zero-order chi connectivity index (χ0) is 24.3. The van der Waals surface area contributed by atoms with E-state index in [0.29, 0.717) is 0 Å². The molecule has 6 nitrogen and oxygen atoms in total. The van der Waals surface area contributed by atoms with Crippen LogP contribution in [0.5, 0.6) is 0 Å². The number of imidazole rings is 1. The van der Waals surface area contributed by atoms with Gasteiger partial charge in [-0.3, -0.25) is 4.99 Å². The lowest BCUT2D eigenvalue weighted by atomic mass is 9.77. The van der Waals surface area contributed by atoms with Crippen LogP contribution in [0.3, 0.4) is 0 Å². The molecule has 1 unspecified atom stereocenters. The van der Waals surface area contributed by atoms with Crippen LogP contribution in [0.4, 0.5) is 4.39 Å². The fourth-order valence-corrected chi connectivity index (χ4v) is 6.99. The van der Waals surface area contributed by atoms with Crippen molar-refractivity contribution >= 4 is 34.6 Å². The number of aryl methyl sites for hydroxylation is 1. The third kappa shape index (κ3) is 3.58. The minimum absolute atomic E-state index is 0.193. The molecule has 4 aromatic rings. The Morgan fingerprint density at radius 3 is 2.78 bits per heavy atom. The molecule has 0 amide bonds. The van der Waals surface area contributed by atoms with Crippen LogP contribution in [-0.2, 0) is 0 Å². The molecular formula is C28H26FN5OS. The summed E-state index contributed by atoms with van der Waals surface area (Å²) < 4.78 is 21.3. The Morgan fingerprint density at radius 2 is 2.03 bits per heavy atom. The van der Waals surface area contributed by atoms with Crippen LogP contribution >= 0.6 is 11.8 Å². The highest BCUT2D eigenvalue weighted by molar-refractivity contribution is 8.00. The van der Waals surface area contributed by atoms with Gasteiger partial charge in [0, 0.05) is 36.2 Å². The van der Waals surface area contributed by atoms with Crippen molar-refractivity contribution in [1.29, 1.82) is 0 Å². The van der Waals surface area contributed by atoms with Crippen molar-refractivity contribution in [3.63, 3.8) is 0 Å². The highest BCUT2D eigenvalue weighted by Gasteiger charge is 2.47. The molecular weight excluding hydrogens is 473 g/mol. The maximum absolute atomic E-state index is 13.7. The highest BCUT2D eigenvalue weighted by Crippen LogP contribution is 2.50. The van der Waals surface area contributed by atoms with Gasteiger partial charge in [0.1, 0.15) is 11.7 Å². The summed E-state index contributed by atoms with van der Waals surface area (Å²) in [7, 11) is 0. The minimum Gasteiger partial charge on any atom is -0.354 e. The first-order chi connectivity index (χ1) is 17.6. The van der Waals surface area contributed by atoms with E-state index in [0.717, 1.165) is 76.7 Å². The molecule has 2 fully saturated rings. The van der Waals surface area contributed by atoms with E-state index in [1.54, 1.807) is 24.7 Å². The number of amidine groups is 1. The lowest BCUT2D eigenvalue weighted by Crippen LogP contribution is -2.55. The predicted octanol–water partition coefficient (Wildman–Crippen LogP) is 5.83. The third-order valence-corrected chi connectivity index (χ3v) is 9.23. The number of hydrogen-bond donors (Lipinski definition) is 0. The fourth-order valence-electron chi connectivity index (χ4n) is 5.82. The number of nitrogens with zero attached hydrogens (tertiary/aromatic N) is 5. The van der Waals surface area contributed by atoms with Crippen molar-refractivity contribution in [2.45, 2.75) is 25.8 Å². The first-order valence-corrected chi connectivity index (χ1v) is 13.5. The zero-order valence-electron chi connectivity index (χ0n) is 20.0. The van der Waals surface area contributed by atoms with E-state index in [9.17, 15) is 4.39 Å². The van der Waals surface area contributed by atoms with Crippen LogP contribution in [0.25, 0.3) is 22.7 Å². The van der Waals surface area contributed by atoms with Gasteiger partial charge in [0.25, 0.3) is 0 Å². The highest BCUT2D eigenvalue weighted by atomic mass is 32.2. The standard InChI is InChI=1S/C28H26FN5OS/c1-18-13-33(17-31-18)25-7-4-20(23-12-32-35-26(23)25)10-21-11-28(15-36-16-28)14-34-24(8-9-30-27(21)34)19-2-5-22(29)6-3-19/h2-7,10,12-13,17,24H,8-9,11,14-16H2,1H3/b21-10+. The van der Waals surface area contributed by atoms with E-state index in [1.807, 2.05) is 41.6 Å². The molecule has 2 aromatic heterocycles. The van der Waals surface area contributed by atoms with E-state index in [4.69, 9.17) is 9.52 Å². The van der Waals surface area contributed by atoms with Gasteiger partial charge < -0.3 is 14.0 Å². The van der Waals surface area contributed by atoms with Gasteiger partial charge in [-0.05, 0) is 60.7 Å². The Labute approximate surface area is 212 Å². The second kappa shape index (κ2) is 8.34. The number of benzene rings is 2. The molecule has 0 saturated carbocycles. The first-order valence-electron chi connectivity index (χ1n) is 12.3. The Hall–Kier alpha value is -3.39. The Bertz CT molecular complexity index is 1510. The van der Waals surface area contributed by atoms with Gasteiger partial charge in [-0.2, -0.15) is 11.8 Å². The van der Waals surface area contributed by atoms with E-state index < -0.39 is 0 Å². The molecule has 5 heterocycles. The van der Waals surface area contributed by atoms with Crippen LogP contribution in [0.1, 0.15) is 35.7 Å². The Morgan fingerprint density at radius 1 is 1.17 bits per heavy atom. The molecule has 0 N–H and O–H groups in total. The van der Waals surface area contributed by atoms with E-state index in [1.165, 1.54) is 5.57 Å². The SMILES string of the molecule is Cc1cn(-c2ccc(/C=C3\CC4(CSC4)CN4C3=NCCC4c3ccc(F)cc3)c3cnoc23)cn1. The lowest BCUT2D eigenvalue weighted by Gasteiger charge is -2.53. The van der Waals surface area contributed by atoms with Crippen LogP contribution in [0.15, 0.2) is 70.2 Å². The van der Waals surface area contributed by atoms with Gasteiger partial charge in [0.2, 0.25) is 0 Å². The average molecular weight is 500 g/mol. The third-order valence-electron chi connectivity index (χ3n) is 7.60. The largest absolute Gasteiger partial charge is 0.354 e. The molecule has 182 valence electrons. The molecule has 3 aliphatic heterocycles. The quantitative estimate of drug-likeness (QED) is 0.355. The molecule has 1 spiro atoms. The summed E-state index contributed by atoms with van der Waals surface area (Å²) in [5, 5.41) is 5.11. The number of hydrogen-bond acceptors (Lipinski definition) is 6. The molecule has 0 bridgehead atoms. The number of piperidine rings is 1. The number of halogens is 1. The number of fused-ring (bicyclic) bond motifs is 2. The summed E-state index contributed by atoms with van der Waals surface area (Å²) in [6.07, 6.45) is 9.83. The van der Waals surface area contributed by atoms with Crippen LogP contribution in [-0.4, -0.2) is 50.0 Å². The smallest absolute Gasteiger partial charge is 0.191 e. The van der Waals surface area contributed by atoms with Gasteiger partial charge in [0.05, 0.1) is 35.3 Å². The molecule has 2 saturated heterocycles. The molecule has 7 rings (SSSR count). The maximum Gasteiger partial charge on any atom is 0.191 e. The number of thioether (sulfide) groups is 1. The predicted molar refractivity (Wildman–Crippen MR) is 141 cm³/mol. The van der Waals surface area contributed by atoms with Gasteiger partial charge in [0.15, 0.2) is 5.58 Å². The van der Waals surface area contributed by atoms with Crippen molar-refractivity contribution in [3.8, 4) is 5.69 Å². The van der Waals surface area contributed by atoms with E-state index >= 15 is 0 Å². The summed E-state index contributed by atoms with van der Waals surface area (Å²) in [5.41, 5.74) is 6.39. The van der Waals surface area contributed by atoms with Gasteiger partial charge in [-0.15, -0.1) is 0 Å². The summed E-state index contributed by atoms with van der Waals surface area (Å²) in [6, 6.07) is 11.4. The monoisotopic (exact) mass is 499 g/mol. The van der Waals surface area contributed by atoms with Crippen LogP contribution in [0.2, 0.25) is 0 Å². The maximum atomic E-state index is 13.7. The summed E-state index contributed by atoms with van der Waals surface area (Å²) in [6.45, 7) is 3.74. The molecule has 36 heavy (non-hydrogen) atoms. The topological polar surface area (TPSA) is 59.5 Å².